The molecule has 0 aliphatic heterocycles. The van der Waals surface area contributed by atoms with Gasteiger partial charge in [-0.3, -0.25) is 0 Å². The number of ether oxygens (including phenoxy) is 1. The molecular weight excluding hydrogens is 193 g/mol. The molecule has 15 heavy (non-hydrogen) atoms. The van der Waals surface area contributed by atoms with Gasteiger partial charge in [0.25, 0.3) is 0 Å². The molecule has 1 aliphatic carbocycles. The number of methoxy groups -OCH3 is 1. The Morgan fingerprint density at radius 3 is 2.67 bits per heavy atom. The second-order valence-electron chi connectivity index (χ2n) is 4.29. The molecule has 1 aromatic carbocycles. The van der Waals surface area contributed by atoms with Gasteiger partial charge >= 0.3 is 0 Å². The highest BCUT2D eigenvalue weighted by Crippen LogP contribution is 2.46. The molecule has 2 rings (SSSR count). The smallest absolute Gasteiger partial charge is 0.131 e. The van der Waals surface area contributed by atoms with E-state index in [1.807, 2.05) is 0 Å². The van der Waals surface area contributed by atoms with Crippen molar-refractivity contribution in [2.24, 2.45) is 17.6 Å². The minimum atomic E-state index is -0.263. The van der Waals surface area contributed by atoms with E-state index >= 15 is 0 Å². The third-order valence-corrected chi connectivity index (χ3v) is 3.20. The maximum Gasteiger partial charge on any atom is 0.131 e. The van der Waals surface area contributed by atoms with E-state index in [0.29, 0.717) is 23.1 Å². The van der Waals surface area contributed by atoms with Gasteiger partial charge in [0.1, 0.15) is 11.6 Å². The van der Waals surface area contributed by atoms with Crippen molar-refractivity contribution in [2.75, 3.05) is 7.11 Å². The first-order chi connectivity index (χ1) is 7.13. The van der Waals surface area contributed by atoms with Crippen LogP contribution in [0.3, 0.4) is 0 Å². The van der Waals surface area contributed by atoms with E-state index in [4.69, 9.17) is 10.5 Å². The van der Waals surface area contributed by atoms with Gasteiger partial charge in [0.2, 0.25) is 0 Å². The van der Waals surface area contributed by atoms with Crippen LogP contribution in [-0.4, -0.2) is 7.11 Å². The largest absolute Gasteiger partial charge is 0.497 e. The summed E-state index contributed by atoms with van der Waals surface area (Å²) < 4.78 is 18.6. The van der Waals surface area contributed by atoms with Crippen LogP contribution in [0, 0.1) is 17.7 Å². The summed E-state index contributed by atoms with van der Waals surface area (Å²) in [6.07, 6.45) is 1.10. The topological polar surface area (TPSA) is 35.2 Å². The maximum absolute atomic E-state index is 13.6. The van der Waals surface area contributed by atoms with Gasteiger partial charge in [0, 0.05) is 17.7 Å². The lowest BCUT2D eigenvalue weighted by atomic mass is 10.0. The van der Waals surface area contributed by atoms with Crippen LogP contribution < -0.4 is 10.5 Å². The summed E-state index contributed by atoms with van der Waals surface area (Å²) in [5.41, 5.74) is 6.60. The quantitative estimate of drug-likeness (QED) is 0.830. The summed E-state index contributed by atoms with van der Waals surface area (Å²) in [5.74, 6) is 1.34. The average molecular weight is 209 g/mol. The van der Waals surface area contributed by atoms with Crippen molar-refractivity contribution in [1.82, 2.24) is 0 Å². The Balaban J connectivity index is 2.21. The van der Waals surface area contributed by atoms with E-state index in [9.17, 15) is 4.39 Å². The molecule has 0 amide bonds. The standard InChI is InChI=1S/C12H16FNO/c1-7-5-10(7)12(14)9-4-3-8(15-2)6-11(9)13/h3-4,6-7,10,12H,5,14H2,1-2H3. The van der Waals surface area contributed by atoms with Gasteiger partial charge in [-0.15, -0.1) is 0 Å². The second-order valence-corrected chi connectivity index (χ2v) is 4.29. The van der Waals surface area contributed by atoms with Crippen molar-refractivity contribution in [3.63, 3.8) is 0 Å². The van der Waals surface area contributed by atoms with Crippen molar-refractivity contribution < 1.29 is 9.13 Å². The van der Waals surface area contributed by atoms with Gasteiger partial charge in [0.05, 0.1) is 7.11 Å². The van der Waals surface area contributed by atoms with Crippen LogP contribution in [0.5, 0.6) is 5.75 Å². The van der Waals surface area contributed by atoms with Gasteiger partial charge in [-0.25, -0.2) is 4.39 Å². The number of hydrogen-bond acceptors (Lipinski definition) is 2. The predicted octanol–water partition coefficient (Wildman–Crippen LogP) is 2.49. The summed E-state index contributed by atoms with van der Waals surface area (Å²) in [7, 11) is 1.53. The number of hydrogen-bond donors (Lipinski definition) is 1. The molecule has 0 aromatic heterocycles. The van der Waals surface area contributed by atoms with E-state index < -0.39 is 0 Å². The van der Waals surface area contributed by atoms with E-state index in [1.54, 1.807) is 12.1 Å². The Labute approximate surface area is 89.2 Å². The van der Waals surface area contributed by atoms with Crippen LogP contribution in [0.2, 0.25) is 0 Å². The second kappa shape index (κ2) is 3.81. The molecule has 0 heterocycles. The Morgan fingerprint density at radius 1 is 1.53 bits per heavy atom. The lowest BCUT2D eigenvalue weighted by Gasteiger charge is -2.13. The normalized spacial score (nSPS) is 26.1. The van der Waals surface area contributed by atoms with E-state index in [0.717, 1.165) is 6.42 Å². The lowest BCUT2D eigenvalue weighted by Crippen LogP contribution is -2.15. The number of halogens is 1. The molecule has 1 saturated carbocycles. The van der Waals surface area contributed by atoms with Gasteiger partial charge in [-0.05, 0) is 24.3 Å². The zero-order chi connectivity index (χ0) is 11.0. The average Bonchev–Trinajstić information content (AvgIpc) is 2.94. The molecule has 82 valence electrons. The molecule has 0 spiro atoms. The van der Waals surface area contributed by atoms with E-state index in [1.165, 1.54) is 13.2 Å². The van der Waals surface area contributed by atoms with Crippen LogP contribution in [-0.2, 0) is 0 Å². The summed E-state index contributed by atoms with van der Waals surface area (Å²) in [5, 5.41) is 0. The first kappa shape index (κ1) is 10.4. The van der Waals surface area contributed by atoms with Crippen molar-refractivity contribution in [3.8, 4) is 5.75 Å². The molecule has 1 aliphatic rings. The van der Waals surface area contributed by atoms with Crippen molar-refractivity contribution in [1.29, 1.82) is 0 Å². The number of nitrogens with two attached hydrogens (primary N) is 1. The Hall–Kier alpha value is -1.09. The highest BCUT2D eigenvalue weighted by molar-refractivity contribution is 5.31. The summed E-state index contributed by atoms with van der Waals surface area (Å²) in [4.78, 5) is 0. The molecule has 3 atom stereocenters. The minimum absolute atomic E-state index is 0.175. The van der Waals surface area contributed by atoms with Crippen LogP contribution in [0.1, 0.15) is 24.9 Å². The van der Waals surface area contributed by atoms with Crippen LogP contribution in [0.25, 0.3) is 0 Å². The Kier molecular flexibility index (Phi) is 2.65. The van der Waals surface area contributed by atoms with Gasteiger partial charge in [0.15, 0.2) is 0 Å². The van der Waals surface area contributed by atoms with E-state index in [-0.39, 0.29) is 11.9 Å². The van der Waals surface area contributed by atoms with Crippen LogP contribution >= 0.6 is 0 Å². The fraction of sp³-hybridized carbons (Fsp3) is 0.500. The zero-order valence-electron chi connectivity index (χ0n) is 9.03. The molecular formula is C12H16FNO. The number of rotatable bonds is 3. The summed E-state index contributed by atoms with van der Waals surface area (Å²) in [6, 6.07) is 4.70. The molecule has 1 aromatic rings. The van der Waals surface area contributed by atoms with Gasteiger partial charge < -0.3 is 10.5 Å². The predicted molar refractivity (Wildman–Crippen MR) is 57.2 cm³/mol. The zero-order valence-corrected chi connectivity index (χ0v) is 9.03. The molecule has 2 N–H and O–H groups in total. The molecule has 0 saturated heterocycles. The van der Waals surface area contributed by atoms with Crippen molar-refractivity contribution >= 4 is 0 Å². The first-order valence-corrected chi connectivity index (χ1v) is 5.22. The number of benzene rings is 1. The lowest BCUT2D eigenvalue weighted by molar-refractivity contribution is 0.409. The Morgan fingerprint density at radius 2 is 2.20 bits per heavy atom. The molecule has 3 unspecified atom stereocenters. The molecule has 1 fully saturated rings. The molecule has 0 bridgehead atoms. The Bertz CT molecular complexity index is 367. The van der Waals surface area contributed by atoms with Crippen molar-refractivity contribution in [2.45, 2.75) is 19.4 Å². The van der Waals surface area contributed by atoms with Crippen LogP contribution in [0.15, 0.2) is 18.2 Å². The molecule has 3 heteroatoms. The highest BCUT2D eigenvalue weighted by Gasteiger charge is 2.39. The first-order valence-electron chi connectivity index (χ1n) is 5.22. The monoisotopic (exact) mass is 209 g/mol. The van der Waals surface area contributed by atoms with Gasteiger partial charge in [-0.2, -0.15) is 0 Å². The van der Waals surface area contributed by atoms with Crippen LogP contribution in [0.4, 0.5) is 4.39 Å². The van der Waals surface area contributed by atoms with E-state index in [2.05, 4.69) is 6.92 Å². The maximum atomic E-state index is 13.6. The molecule has 2 nitrogen and oxygen atoms in total. The van der Waals surface area contributed by atoms with Gasteiger partial charge in [-0.1, -0.05) is 13.0 Å². The minimum Gasteiger partial charge on any atom is -0.497 e. The van der Waals surface area contributed by atoms with Crippen molar-refractivity contribution in [3.05, 3.63) is 29.6 Å². The molecule has 0 radical (unpaired) electrons. The summed E-state index contributed by atoms with van der Waals surface area (Å²) in [6.45, 7) is 2.14. The SMILES string of the molecule is COc1ccc(C(N)C2CC2C)c(F)c1. The fourth-order valence-corrected chi connectivity index (χ4v) is 1.99. The third-order valence-electron chi connectivity index (χ3n) is 3.20. The third kappa shape index (κ3) is 1.97. The highest BCUT2D eigenvalue weighted by atomic mass is 19.1. The fourth-order valence-electron chi connectivity index (χ4n) is 1.99. The summed E-state index contributed by atoms with van der Waals surface area (Å²) >= 11 is 0.